The number of pyridine rings is 2. The Balaban J connectivity index is 2.60. The van der Waals surface area contributed by atoms with Gasteiger partial charge in [0, 0.05) is 12.4 Å². The molecule has 0 spiro atoms. The molecule has 0 aromatic carbocycles. The highest BCUT2D eigenvalue weighted by Crippen LogP contribution is 2.07. The Morgan fingerprint density at radius 3 is 2.40 bits per heavy atom. The first-order valence-electron chi connectivity index (χ1n) is 4.41. The zero-order valence-electron chi connectivity index (χ0n) is 8.01. The van der Waals surface area contributed by atoms with Crippen LogP contribution in [0.5, 0.6) is 0 Å². The molecule has 0 unspecified atom stereocenters. The molecule has 0 saturated carbocycles. The molecule has 0 aliphatic rings. The molecule has 2 aromatic rings. The molecule has 0 fully saturated rings. The summed E-state index contributed by atoms with van der Waals surface area (Å²) in [7, 11) is 17.1. The van der Waals surface area contributed by atoms with Crippen molar-refractivity contribution < 1.29 is 0 Å². The topological polar surface area (TPSA) is 25.8 Å². The zero-order chi connectivity index (χ0) is 10.8. The van der Waals surface area contributed by atoms with Crippen molar-refractivity contribution in [2.24, 2.45) is 0 Å². The van der Waals surface area contributed by atoms with Crippen LogP contribution in [0.15, 0.2) is 30.6 Å². The smallest absolute Gasteiger partial charge is 0.116 e. The third kappa shape index (κ3) is 1.82. The fraction of sp³-hybridized carbons (Fsp3) is 0. The summed E-state index contributed by atoms with van der Waals surface area (Å²) in [4.78, 5) is 8.26. The lowest BCUT2D eigenvalue weighted by atomic mass is 9.72. The van der Waals surface area contributed by atoms with Crippen LogP contribution in [0.2, 0.25) is 0 Å². The van der Waals surface area contributed by atoms with Crippen LogP contribution in [0, 0.1) is 0 Å². The molecule has 15 heavy (non-hydrogen) atoms. The number of hydrogen-bond acceptors (Lipinski definition) is 2. The quantitative estimate of drug-likeness (QED) is 0.507. The Kier molecular flexibility index (Phi) is 2.63. The Hall–Kier alpha value is -1.51. The highest BCUT2D eigenvalue weighted by atomic mass is 14.8. The van der Waals surface area contributed by atoms with Crippen molar-refractivity contribution >= 4 is 39.9 Å². The first-order chi connectivity index (χ1) is 7.20. The van der Waals surface area contributed by atoms with E-state index in [4.69, 9.17) is 23.5 Å². The van der Waals surface area contributed by atoms with E-state index in [1.165, 1.54) is 6.20 Å². The Labute approximate surface area is 92.4 Å². The molecule has 0 atom stereocenters. The van der Waals surface area contributed by atoms with Crippen molar-refractivity contribution in [2.75, 3.05) is 0 Å². The number of nitrogens with zero attached hydrogens (tertiary/aromatic N) is 2. The molecule has 0 amide bonds. The van der Waals surface area contributed by atoms with E-state index in [9.17, 15) is 0 Å². The van der Waals surface area contributed by atoms with Gasteiger partial charge in [-0.25, -0.2) is 0 Å². The first kappa shape index (κ1) is 10.0. The minimum Gasteiger partial charge on any atom is -0.256 e. The summed E-state index contributed by atoms with van der Waals surface area (Å²) in [6, 6.07) is 5.49. The molecule has 2 aromatic heterocycles. The van der Waals surface area contributed by atoms with Gasteiger partial charge in [-0.2, -0.15) is 0 Å². The van der Waals surface area contributed by atoms with Crippen LogP contribution >= 0.6 is 0 Å². The lowest BCUT2D eigenvalue weighted by Gasteiger charge is -2.10. The van der Waals surface area contributed by atoms with Crippen molar-refractivity contribution in [1.29, 1.82) is 0 Å². The number of hydrogen-bond donors (Lipinski definition) is 0. The standard InChI is InChI=1S/C10H5B3N2/c11-6-5-15-10(9(13)8(6)12)7-3-1-2-4-14-7/h1-5H. The Morgan fingerprint density at radius 1 is 0.933 bits per heavy atom. The lowest BCUT2D eigenvalue weighted by molar-refractivity contribution is 1.27. The van der Waals surface area contributed by atoms with Gasteiger partial charge in [-0.05, 0) is 12.1 Å². The average molecular weight is 186 g/mol. The summed E-state index contributed by atoms with van der Waals surface area (Å²) in [6.07, 6.45) is 3.15. The van der Waals surface area contributed by atoms with Gasteiger partial charge in [-0.3, -0.25) is 9.97 Å². The van der Waals surface area contributed by atoms with Crippen LogP contribution in [0.1, 0.15) is 0 Å². The predicted octanol–water partition coefficient (Wildman–Crippen LogP) is -1.47. The molecule has 0 aliphatic carbocycles. The van der Waals surface area contributed by atoms with Crippen LogP contribution in [0.3, 0.4) is 0 Å². The SMILES string of the molecule is [B]c1cnc(-c2ccccn2)c([B])c1[B]. The third-order valence-corrected chi connectivity index (χ3v) is 2.10. The van der Waals surface area contributed by atoms with Crippen LogP contribution in [-0.4, -0.2) is 33.5 Å². The Bertz CT molecular complexity index is 486. The highest BCUT2D eigenvalue weighted by molar-refractivity contribution is 6.58. The van der Waals surface area contributed by atoms with Crippen LogP contribution in [-0.2, 0) is 0 Å². The molecular weight excluding hydrogens is 181 g/mol. The largest absolute Gasteiger partial charge is 0.256 e. The number of rotatable bonds is 1. The molecule has 64 valence electrons. The average Bonchev–Trinajstić information content (AvgIpc) is 2.27. The van der Waals surface area contributed by atoms with Gasteiger partial charge in [0.15, 0.2) is 0 Å². The van der Waals surface area contributed by atoms with Crippen molar-refractivity contribution in [2.45, 2.75) is 0 Å². The fourth-order valence-corrected chi connectivity index (χ4v) is 1.26. The van der Waals surface area contributed by atoms with Crippen molar-refractivity contribution in [1.82, 2.24) is 9.97 Å². The van der Waals surface area contributed by atoms with E-state index in [2.05, 4.69) is 9.97 Å². The van der Waals surface area contributed by atoms with Crippen LogP contribution in [0.25, 0.3) is 11.4 Å². The second kappa shape index (κ2) is 3.93. The van der Waals surface area contributed by atoms with E-state index in [-0.39, 0.29) is 0 Å². The maximum Gasteiger partial charge on any atom is 0.116 e. The van der Waals surface area contributed by atoms with E-state index in [0.717, 1.165) is 0 Å². The fourth-order valence-electron chi connectivity index (χ4n) is 1.26. The molecule has 0 aliphatic heterocycles. The summed E-state index contributed by atoms with van der Waals surface area (Å²) >= 11 is 0. The maximum atomic E-state index is 5.81. The molecule has 0 N–H and O–H groups in total. The van der Waals surface area contributed by atoms with Crippen LogP contribution in [0.4, 0.5) is 0 Å². The Morgan fingerprint density at radius 2 is 1.73 bits per heavy atom. The molecule has 2 heterocycles. The van der Waals surface area contributed by atoms with E-state index in [1.54, 1.807) is 6.20 Å². The van der Waals surface area contributed by atoms with Gasteiger partial charge in [0.2, 0.25) is 0 Å². The molecule has 6 radical (unpaired) electrons. The molecule has 0 saturated heterocycles. The van der Waals surface area contributed by atoms with E-state index >= 15 is 0 Å². The highest BCUT2D eigenvalue weighted by Gasteiger charge is 2.06. The van der Waals surface area contributed by atoms with E-state index in [1.807, 2.05) is 18.2 Å². The molecule has 2 nitrogen and oxygen atoms in total. The second-order valence-electron chi connectivity index (χ2n) is 3.10. The zero-order valence-corrected chi connectivity index (χ0v) is 8.01. The minimum atomic E-state index is 0.352. The van der Waals surface area contributed by atoms with Gasteiger partial charge >= 0.3 is 0 Å². The molecule has 5 heteroatoms. The monoisotopic (exact) mass is 186 g/mol. The summed E-state index contributed by atoms with van der Waals surface area (Å²) < 4.78 is 0. The summed E-state index contributed by atoms with van der Waals surface area (Å²) in [6.45, 7) is 0. The second-order valence-corrected chi connectivity index (χ2v) is 3.10. The van der Waals surface area contributed by atoms with E-state index < -0.39 is 0 Å². The summed E-state index contributed by atoms with van der Waals surface area (Å²) in [5.74, 6) is 0. The minimum absolute atomic E-state index is 0.352. The molecular formula is C10H5B3N2. The number of aromatic nitrogens is 2. The maximum absolute atomic E-state index is 5.81. The molecule has 0 bridgehead atoms. The van der Waals surface area contributed by atoms with Gasteiger partial charge < -0.3 is 0 Å². The molecule has 2 rings (SSSR count). The van der Waals surface area contributed by atoms with E-state index in [0.29, 0.717) is 27.8 Å². The third-order valence-electron chi connectivity index (χ3n) is 2.10. The first-order valence-corrected chi connectivity index (χ1v) is 4.41. The lowest BCUT2D eigenvalue weighted by Crippen LogP contribution is -2.40. The van der Waals surface area contributed by atoms with Crippen LogP contribution < -0.4 is 16.4 Å². The van der Waals surface area contributed by atoms with Gasteiger partial charge in [-0.15, -0.1) is 5.46 Å². The van der Waals surface area contributed by atoms with Crippen molar-refractivity contribution in [3.8, 4) is 11.4 Å². The van der Waals surface area contributed by atoms with Gasteiger partial charge in [0.25, 0.3) is 0 Å². The predicted molar refractivity (Wildman–Crippen MR) is 63.6 cm³/mol. The van der Waals surface area contributed by atoms with Crippen molar-refractivity contribution in [3.05, 3.63) is 30.6 Å². The normalized spacial score (nSPS) is 10.1. The van der Waals surface area contributed by atoms with Gasteiger partial charge in [-0.1, -0.05) is 17.0 Å². The summed E-state index contributed by atoms with van der Waals surface area (Å²) in [5, 5.41) is 0. The van der Waals surface area contributed by atoms with Crippen molar-refractivity contribution in [3.63, 3.8) is 0 Å². The van der Waals surface area contributed by atoms with Gasteiger partial charge in [0.05, 0.1) is 11.4 Å². The van der Waals surface area contributed by atoms with Gasteiger partial charge in [0.1, 0.15) is 23.5 Å². The summed E-state index contributed by atoms with van der Waals surface area (Å²) in [5.41, 5.74) is 2.34.